The molecule has 2 aromatic carbocycles. The smallest absolute Gasteiger partial charge is 0.338 e. The summed E-state index contributed by atoms with van der Waals surface area (Å²) in [5.41, 5.74) is 8.44. The number of esters is 1. The van der Waals surface area contributed by atoms with Crippen molar-refractivity contribution < 1.29 is 19.1 Å². The SMILES string of the molecule is Cc1ccc(C)c(N2C(=O)c3ccc(C(=O)OCc4nc(N)nc(N(C)C)n4)cc3C2=O)c1. The second kappa shape index (κ2) is 8.30. The Morgan fingerprint density at radius 2 is 1.73 bits per heavy atom. The van der Waals surface area contributed by atoms with Crippen molar-refractivity contribution in [3.8, 4) is 0 Å². The van der Waals surface area contributed by atoms with E-state index in [1.54, 1.807) is 25.1 Å². The first-order valence-corrected chi connectivity index (χ1v) is 10.1. The number of carbonyl (C=O) groups excluding carboxylic acids is 3. The molecule has 10 heteroatoms. The first-order valence-electron chi connectivity index (χ1n) is 10.1. The Morgan fingerprint density at radius 1 is 1.00 bits per heavy atom. The molecule has 2 amide bonds. The molecule has 0 spiro atoms. The molecule has 4 rings (SSSR count). The number of rotatable bonds is 5. The highest BCUT2D eigenvalue weighted by atomic mass is 16.5. The third kappa shape index (κ3) is 4.10. The minimum absolute atomic E-state index is 0.00734. The molecule has 168 valence electrons. The molecule has 0 unspecified atom stereocenters. The highest BCUT2D eigenvalue weighted by Crippen LogP contribution is 2.32. The van der Waals surface area contributed by atoms with Gasteiger partial charge in [0.25, 0.3) is 11.8 Å². The molecule has 0 aliphatic carbocycles. The lowest BCUT2D eigenvalue weighted by Crippen LogP contribution is -2.30. The summed E-state index contributed by atoms with van der Waals surface area (Å²) in [4.78, 5) is 53.5. The molecule has 2 N–H and O–H groups in total. The zero-order chi connectivity index (χ0) is 23.9. The third-order valence-corrected chi connectivity index (χ3v) is 5.15. The second-order valence-corrected chi connectivity index (χ2v) is 7.88. The van der Waals surface area contributed by atoms with Gasteiger partial charge in [-0.1, -0.05) is 12.1 Å². The minimum Gasteiger partial charge on any atom is -0.454 e. The van der Waals surface area contributed by atoms with E-state index in [0.29, 0.717) is 11.6 Å². The molecular formula is C23H22N6O4. The van der Waals surface area contributed by atoms with E-state index in [-0.39, 0.29) is 35.1 Å². The number of imide groups is 1. The molecular weight excluding hydrogens is 424 g/mol. The topological polar surface area (TPSA) is 132 Å². The average molecular weight is 446 g/mol. The van der Waals surface area contributed by atoms with Gasteiger partial charge in [-0.2, -0.15) is 15.0 Å². The van der Waals surface area contributed by atoms with E-state index in [1.807, 2.05) is 26.0 Å². The Bertz CT molecular complexity index is 1300. The molecule has 0 radical (unpaired) electrons. The molecule has 1 aliphatic rings. The number of benzene rings is 2. The summed E-state index contributed by atoms with van der Waals surface area (Å²) in [5, 5.41) is 0. The van der Waals surface area contributed by atoms with Gasteiger partial charge in [-0.3, -0.25) is 9.59 Å². The zero-order valence-electron chi connectivity index (χ0n) is 18.6. The van der Waals surface area contributed by atoms with Gasteiger partial charge in [0.05, 0.1) is 22.4 Å². The lowest BCUT2D eigenvalue weighted by atomic mass is 10.1. The van der Waals surface area contributed by atoms with Crippen LogP contribution in [-0.4, -0.2) is 46.8 Å². The molecule has 3 aromatic rings. The number of aryl methyl sites for hydroxylation is 2. The Labute approximate surface area is 190 Å². The fourth-order valence-corrected chi connectivity index (χ4v) is 3.45. The second-order valence-electron chi connectivity index (χ2n) is 7.88. The molecule has 1 aromatic heterocycles. The number of nitrogen functional groups attached to an aromatic ring is 1. The Morgan fingerprint density at radius 3 is 2.45 bits per heavy atom. The van der Waals surface area contributed by atoms with Crippen LogP contribution in [-0.2, 0) is 11.3 Å². The average Bonchev–Trinajstić information content (AvgIpc) is 3.03. The maximum Gasteiger partial charge on any atom is 0.338 e. The van der Waals surface area contributed by atoms with Crippen molar-refractivity contribution in [2.75, 3.05) is 29.6 Å². The van der Waals surface area contributed by atoms with E-state index in [9.17, 15) is 14.4 Å². The molecule has 0 saturated carbocycles. The predicted octanol–water partition coefficient (Wildman–Crippen LogP) is 2.29. The molecule has 10 nitrogen and oxygen atoms in total. The molecule has 33 heavy (non-hydrogen) atoms. The minimum atomic E-state index is -0.686. The summed E-state index contributed by atoms with van der Waals surface area (Å²) in [6.45, 7) is 3.48. The number of ether oxygens (including phenoxy) is 1. The van der Waals surface area contributed by atoms with Gasteiger partial charge >= 0.3 is 5.97 Å². The van der Waals surface area contributed by atoms with Crippen molar-refractivity contribution >= 4 is 35.4 Å². The molecule has 0 atom stereocenters. The fourth-order valence-electron chi connectivity index (χ4n) is 3.45. The molecule has 2 heterocycles. The van der Waals surface area contributed by atoms with Crippen LogP contribution in [0.4, 0.5) is 17.6 Å². The highest BCUT2D eigenvalue weighted by molar-refractivity contribution is 6.35. The van der Waals surface area contributed by atoms with Gasteiger partial charge in [-0.25, -0.2) is 9.69 Å². The van der Waals surface area contributed by atoms with Crippen molar-refractivity contribution in [3.63, 3.8) is 0 Å². The Kier molecular flexibility index (Phi) is 5.50. The summed E-state index contributed by atoms with van der Waals surface area (Å²) < 4.78 is 5.30. The Balaban J connectivity index is 1.56. The van der Waals surface area contributed by atoms with Crippen molar-refractivity contribution in [3.05, 3.63) is 70.0 Å². The number of fused-ring (bicyclic) bond motifs is 1. The molecule has 1 aliphatic heterocycles. The third-order valence-electron chi connectivity index (χ3n) is 5.15. The van der Waals surface area contributed by atoms with Gasteiger partial charge in [0.15, 0.2) is 12.4 Å². The largest absolute Gasteiger partial charge is 0.454 e. The fraction of sp³-hybridized carbons (Fsp3) is 0.217. The van der Waals surface area contributed by atoms with Crippen molar-refractivity contribution in [1.82, 2.24) is 15.0 Å². The Hall–Kier alpha value is -4.34. The van der Waals surface area contributed by atoms with Crippen molar-refractivity contribution in [2.45, 2.75) is 20.5 Å². The van der Waals surface area contributed by atoms with Crippen LogP contribution >= 0.6 is 0 Å². The number of amides is 2. The maximum absolute atomic E-state index is 13.1. The van der Waals surface area contributed by atoms with Gasteiger partial charge in [0.1, 0.15) is 0 Å². The van der Waals surface area contributed by atoms with E-state index in [0.717, 1.165) is 16.0 Å². The number of nitrogens with two attached hydrogens (primary N) is 1. The summed E-state index contributed by atoms with van der Waals surface area (Å²) in [6.07, 6.45) is 0. The van der Waals surface area contributed by atoms with Crippen LogP contribution in [0.15, 0.2) is 36.4 Å². The van der Waals surface area contributed by atoms with Gasteiger partial charge in [-0.05, 0) is 49.2 Å². The van der Waals surface area contributed by atoms with Crippen LogP contribution in [0.25, 0.3) is 0 Å². The normalized spacial score (nSPS) is 12.7. The first kappa shape index (κ1) is 21.9. The van der Waals surface area contributed by atoms with E-state index in [2.05, 4.69) is 15.0 Å². The lowest BCUT2D eigenvalue weighted by molar-refractivity contribution is 0.0462. The molecule has 0 saturated heterocycles. The first-order chi connectivity index (χ1) is 15.7. The quantitative estimate of drug-likeness (QED) is 0.463. The van der Waals surface area contributed by atoms with Crippen molar-refractivity contribution in [1.29, 1.82) is 0 Å². The summed E-state index contributed by atoms with van der Waals surface area (Å²) in [5.74, 6) is -1.07. The van der Waals surface area contributed by atoms with E-state index < -0.39 is 17.8 Å². The standard InChI is InChI=1S/C23H22N6O4/c1-12-5-6-13(2)17(9-12)29-19(30)15-8-7-14(10-16(15)20(29)31)21(32)33-11-18-25-22(24)27-23(26-18)28(3)4/h5-10H,11H2,1-4H3,(H2,24,25,26,27). The number of hydrogen-bond donors (Lipinski definition) is 1. The van der Waals surface area contributed by atoms with E-state index in [1.165, 1.54) is 18.2 Å². The number of hydrogen-bond acceptors (Lipinski definition) is 9. The van der Waals surface area contributed by atoms with Crippen LogP contribution in [0.5, 0.6) is 0 Å². The van der Waals surface area contributed by atoms with Crippen LogP contribution < -0.4 is 15.5 Å². The van der Waals surface area contributed by atoms with Gasteiger partial charge < -0.3 is 15.4 Å². The molecule has 0 fully saturated rings. The van der Waals surface area contributed by atoms with Crippen LogP contribution in [0.1, 0.15) is 48.0 Å². The van der Waals surface area contributed by atoms with Gasteiger partial charge in [-0.15, -0.1) is 0 Å². The maximum atomic E-state index is 13.1. The number of nitrogens with zero attached hydrogens (tertiary/aromatic N) is 5. The van der Waals surface area contributed by atoms with E-state index in [4.69, 9.17) is 10.5 Å². The van der Waals surface area contributed by atoms with Crippen LogP contribution in [0.3, 0.4) is 0 Å². The monoisotopic (exact) mass is 446 g/mol. The lowest BCUT2D eigenvalue weighted by Gasteiger charge is -2.17. The number of aromatic nitrogens is 3. The summed E-state index contributed by atoms with van der Waals surface area (Å²) in [7, 11) is 3.49. The van der Waals surface area contributed by atoms with Gasteiger partial charge in [0.2, 0.25) is 11.9 Å². The molecule has 0 bridgehead atoms. The van der Waals surface area contributed by atoms with Crippen LogP contribution in [0, 0.1) is 13.8 Å². The zero-order valence-corrected chi connectivity index (χ0v) is 18.6. The predicted molar refractivity (Wildman–Crippen MR) is 121 cm³/mol. The van der Waals surface area contributed by atoms with Gasteiger partial charge in [0, 0.05) is 14.1 Å². The number of carbonyl (C=O) groups is 3. The summed E-state index contributed by atoms with van der Waals surface area (Å²) >= 11 is 0. The van der Waals surface area contributed by atoms with E-state index >= 15 is 0 Å². The number of anilines is 3. The summed E-state index contributed by atoms with van der Waals surface area (Å²) in [6, 6.07) is 9.83. The highest BCUT2D eigenvalue weighted by Gasteiger charge is 2.38. The van der Waals surface area contributed by atoms with Crippen LogP contribution in [0.2, 0.25) is 0 Å². The van der Waals surface area contributed by atoms with Crippen molar-refractivity contribution in [2.24, 2.45) is 0 Å².